The number of carbonyl (C=O) groups is 1. The maximum atomic E-state index is 12.7. The molecule has 0 spiro atoms. The first-order chi connectivity index (χ1) is 14.7. The summed E-state index contributed by atoms with van der Waals surface area (Å²) in [5, 5.41) is 7.79. The van der Waals surface area contributed by atoms with Crippen molar-refractivity contribution in [3.63, 3.8) is 0 Å². The summed E-state index contributed by atoms with van der Waals surface area (Å²) in [6.07, 6.45) is 4.78. The van der Waals surface area contributed by atoms with Gasteiger partial charge in [0.05, 0.1) is 25.0 Å². The average Bonchev–Trinajstić information content (AvgIpc) is 3.39. The fraction of sp³-hybridized carbons (Fsp3) is 0.250. The molecule has 154 valence electrons. The number of rotatable bonds is 8. The standard InChI is InChI=1S/C24H25N3O3/c1-3-14-30-22-13-12-17(15-23(22)29-2)24(28)25-16-20-19-10-7-11-21(19)27(26-20)18-8-5-4-6-9-18/h3-6,8-9,12-13,15H,1,7,10-11,14,16H2,2H3,(H,25,28). The summed E-state index contributed by atoms with van der Waals surface area (Å²) < 4.78 is 12.9. The predicted octanol–water partition coefficient (Wildman–Crippen LogP) is 3.86. The first kappa shape index (κ1) is 19.8. The summed E-state index contributed by atoms with van der Waals surface area (Å²) in [4.78, 5) is 12.7. The number of hydrogen-bond acceptors (Lipinski definition) is 4. The van der Waals surface area contributed by atoms with Crippen LogP contribution in [0, 0.1) is 0 Å². The Balaban J connectivity index is 1.50. The maximum absolute atomic E-state index is 12.7. The number of ether oxygens (including phenoxy) is 2. The second-order valence-electron chi connectivity index (χ2n) is 7.12. The number of methoxy groups -OCH3 is 1. The highest BCUT2D eigenvalue weighted by Crippen LogP contribution is 2.29. The van der Waals surface area contributed by atoms with Crippen molar-refractivity contribution < 1.29 is 14.3 Å². The number of nitrogens with one attached hydrogen (secondary N) is 1. The predicted molar refractivity (Wildman–Crippen MR) is 115 cm³/mol. The molecule has 1 aliphatic rings. The normalized spacial score (nSPS) is 12.3. The minimum Gasteiger partial charge on any atom is -0.493 e. The Hall–Kier alpha value is -3.54. The minimum absolute atomic E-state index is 0.176. The van der Waals surface area contributed by atoms with E-state index in [-0.39, 0.29) is 5.91 Å². The van der Waals surface area contributed by atoms with Gasteiger partial charge in [-0.25, -0.2) is 4.68 Å². The summed E-state index contributed by atoms with van der Waals surface area (Å²) in [6, 6.07) is 15.3. The van der Waals surface area contributed by atoms with Crippen LogP contribution >= 0.6 is 0 Å². The highest BCUT2D eigenvalue weighted by Gasteiger charge is 2.23. The van der Waals surface area contributed by atoms with E-state index in [2.05, 4.69) is 24.0 Å². The smallest absolute Gasteiger partial charge is 0.251 e. The molecule has 1 aromatic heterocycles. The van der Waals surface area contributed by atoms with Gasteiger partial charge in [0, 0.05) is 11.3 Å². The van der Waals surface area contributed by atoms with Crippen molar-refractivity contribution in [2.45, 2.75) is 25.8 Å². The third kappa shape index (κ3) is 3.94. The Kier molecular flexibility index (Phi) is 5.84. The molecule has 1 aliphatic carbocycles. The Labute approximate surface area is 176 Å². The zero-order chi connectivity index (χ0) is 20.9. The van der Waals surface area contributed by atoms with E-state index in [1.165, 1.54) is 11.3 Å². The molecule has 0 saturated heterocycles. The number of fused-ring (bicyclic) bond motifs is 1. The molecule has 0 aliphatic heterocycles. The zero-order valence-corrected chi connectivity index (χ0v) is 17.1. The van der Waals surface area contributed by atoms with Crippen LogP contribution in [0.4, 0.5) is 0 Å². The van der Waals surface area contributed by atoms with Crippen molar-refractivity contribution >= 4 is 5.91 Å². The van der Waals surface area contributed by atoms with Crippen LogP contribution in [0.15, 0.2) is 61.2 Å². The quantitative estimate of drug-likeness (QED) is 0.580. The van der Waals surface area contributed by atoms with Crippen LogP contribution in [-0.4, -0.2) is 29.4 Å². The Morgan fingerprint density at radius 3 is 2.80 bits per heavy atom. The van der Waals surface area contributed by atoms with Crippen molar-refractivity contribution in [1.82, 2.24) is 15.1 Å². The van der Waals surface area contributed by atoms with E-state index >= 15 is 0 Å². The Bertz CT molecular complexity index is 1060. The molecule has 0 bridgehead atoms. The fourth-order valence-corrected chi connectivity index (χ4v) is 3.78. The number of benzene rings is 2. The molecule has 2 aromatic carbocycles. The summed E-state index contributed by atoms with van der Waals surface area (Å²) in [5.74, 6) is 0.914. The SMILES string of the molecule is C=CCOc1ccc(C(=O)NCc2nn(-c3ccccc3)c3c2CCC3)cc1OC. The number of amides is 1. The molecule has 30 heavy (non-hydrogen) atoms. The lowest BCUT2D eigenvalue weighted by Gasteiger charge is -2.11. The average molecular weight is 403 g/mol. The molecule has 1 heterocycles. The van der Waals surface area contributed by atoms with Gasteiger partial charge in [0.15, 0.2) is 11.5 Å². The summed E-state index contributed by atoms with van der Waals surface area (Å²) in [7, 11) is 1.55. The first-order valence-electron chi connectivity index (χ1n) is 10.1. The summed E-state index contributed by atoms with van der Waals surface area (Å²) in [6.45, 7) is 4.40. The van der Waals surface area contributed by atoms with Crippen molar-refractivity contribution in [2.75, 3.05) is 13.7 Å². The van der Waals surface area contributed by atoms with E-state index in [0.29, 0.717) is 30.2 Å². The topological polar surface area (TPSA) is 65.4 Å². The molecule has 4 rings (SSSR count). The van der Waals surface area contributed by atoms with Crippen molar-refractivity contribution in [3.8, 4) is 17.2 Å². The van der Waals surface area contributed by atoms with Gasteiger partial charge in [0.25, 0.3) is 5.91 Å². The highest BCUT2D eigenvalue weighted by molar-refractivity contribution is 5.94. The van der Waals surface area contributed by atoms with E-state index in [4.69, 9.17) is 14.6 Å². The minimum atomic E-state index is -0.176. The lowest BCUT2D eigenvalue weighted by atomic mass is 10.1. The molecule has 0 radical (unpaired) electrons. The second-order valence-corrected chi connectivity index (χ2v) is 7.12. The van der Waals surface area contributed by atoms with Crippen LogP contribution in [0.25, 0.3) is 5.69 Å². The van der Waals surface area contributed by atoms with Crippen LogP contribution in [0.1, 0.15) is 33.7 Å². The van der Waals surface area contributed by atoms with Crippen LogP contribution in [0.5, 0.6) is 11.5 Å². The van der Waals surface area contributed by atoms with Gasteiger partial charge < -0.3 is 14.8 Å². The highest BCUT2D eigenvalue weighted by atomic mass is 16.5. The van der Waals surface area contributed by atoms with Gasteiger partial charge in [0.2, 0.25) is 0 Å². The van der Waals surface area contributed by atoms with E-state index < -0.39 is 0 Å². The molecule has 0 unspecified atom stereocenters. The van der Waals surface area contributed by atoms with E-state index in [0.717, 1.165) is 30.6 Å². The number of carbonyl (C=O) groups excluding carboxylic acids is 1. The van der Waals surface area contributed by atoms with Crippen LogP contribution < -0.4 is 14.8 Å². The number of hydrogen-bond donors (Lipinski definition) is 1. The van der Waals surface area contributed by atoms with Gasteiger partial charge in [-0.2, -0.15) is 5.10 Å². The molecule has 1 N–H and O–H groups in total. The Morgan fingerprint density at radius 2 is 2.03 bits per heavy atom. The monoisotopic (exact) mass is 403 g/mol. The van der Waals surface area contributed by atoms with Gasteiger partial charge in [-0.15, -0.1) is 0 Å². The molecule has 0 atom stereocenters. The largest absolute Gasteiger partial charge is 0.493 e. The van der Waals surface area contributed by atoms with Crippen molar-refractivity contribution in [3.05, 3.63) is 83.7 Å². The number of aromatic nitrogens is 2. The lowest BCUT2D eigenvalue weighted by Crippen LogP contribution is -2.23. The van der Waals surface area contributed by atoms with Crippen molar-refractivity contribution in [1.29, 1.82) is 0 Å². The van der Waals surface area contributed by atoms with Gasteiger partial charge in [-0.3, -0.25) is 4.79 Å². The van der Waals surface area contributed by atoms with Crippen molar-refractivity contribution in [2.24, 2.45) is 0 Å². The van der Waals surface area contributed by atoms with Crippen LogP contribution in [0.2, 0.25) is 0 Å². The Morgan fingerprint density at radius 1 is 1.20 bits per heavy atom. The molecule has 1 amide bonds. The third-order valence-electron chi connectivity index (χ3n) is 5.21. The summed E-state index contributed by atoms with van der Waals surface area (Å²) >= 11 is 0. The van der Waals surface area contributed by atoms with Gasteiger partial charge >= 0.3 is 0 Å². The molecule has 6 nitrogen and oxygen atoms in total. The zero-order valence-electron chi connectivity index (χ0n) is 17.1. The third-order valence-corrected chi connectivity index (χ3v) is 5.21. The van der Waals surface area contributed by atoms with Crippen LogP contribution in [-0.2, 0) is 19.4 Å². The molecule has 6 heteroatoms. The molecule has 3 aromatic rings. The van der Waals surface area contributed by atoms with Gasteiger partial charge in [-0.1, -0.05) is 30.9 Å². The van der Waals surface area contributed by atoms with Crippen LogP contribution in [0.3, 0.4) is 0 Å². The van der Waals surface area contributed by atoms with E-state index in [1.807, 2.05) is 22.9 Å². The lowest BCUT2D eigenvalue weighted by molar-refractivity contribution is 0.0950. The number of nitrogens with zero attached hydrogens (tertiary/aromatic N) is 2. The van der Waals surface area contributed by atoms with Gasteiger partial charge in [-0.05, 0) is 55.2 Å². The maximum Gasteiger partial charge on any atom is 0.251 e. The fourth-order valence-electron chi connectivity index (χ4n) is 3.78. The van der Waals surface area contributed by atoms with E-state index in [9.17, 15) is 4.79 Å². The first-order valence-corrected chi connectivity index (χ1v) is 10.1. The second kappa shape index (κ2) is 8.86. The van der Waals surface area contributed by atoms with E-state index in [1.54, 1.807) is 31.4 Å². The molecule has 0 saturated carbocycles. The van der Waals surface area contributed by atoms with Gasteiger partial charge in [0.1, 0.15) is 6.61 Å². The number of para-hydroxylation sites is 1. The molecular weight excluding hydrogens is 378 g/mol. The molecule has 0 fully saturated rings. The summed E-state index contributed by atoms with van der Waals surface area (Å²) in [5.41, 5.74) is 4.99. The molecular formula is C24H25N3O3.